The van der Waals surface area contributed by atoms with Gasteiger partial charge in [-0.2, -0.15) is 5.10 Å². The second-order valence-corrected chi connectivity index (χ2v) is 10.4. The van der Waals surface area contributed by atoms with E-state index in [1.54, 1.807) is 29.9 Å². The lowest BCUT2D eigenvalue weighted by molar-refractivity contribution is -0.116. The van der Waals surface area contributed by atoms with Crippen LogP contribution in [0, 0.1) is 6.92 Å². The Balaban J connectivity index is 1.38. The molecular weight excluding hydrogens is 484 g/mol. The van der Waals surface area contributed by atoms with Gasteiger partial charge >= 0.3 is 0 Å². The van der Waals surface area contributed by atoms with Crippen molar-refractivity contribution in [2.75, 3.05) is 26.0 Å². The molecule has 6 rings (SSSR count). The van der Waals surface area contributed by atoms with Crippen LogP contribution in [0.5, 0.6) is 0 Å². The number of hydrogen-bond acceptors (Lipinski definition) is 7. The number of aromatic amines is 2. The number of carbonyl (C=O) groups is 1. The predicted octanol–water partition coefficient (Wildman–Crippen LogP) is 5.10. The summed E-state index contributed by atoms with van der Waals surface area (Å²) in [5, 5.41) is 12.4. The Morgan fingerprint density at radius 1 is 1.03 bits per heavy atom. The number of rotatable bonds is 6. The highest BCUT2D eigenvalue weighted by molar-refractivity contribution is 7.15. The Labute approximate surface area is 216 Å². The highest BCUT2D eigenvalue weighted by atomic mass is 32.1. The van der Waals surface area contributed by atoms with Crippen molar-refractivity contribution >= 4 is 45.0 Å². The molecule has 0 fully saturated rings. The van der Waals surface area contributed by atoms with Gasteiger partial charge in [-0.1, -0.05) is 0 Å². The number of likely N-dealkylation sites (N-methyl/N-ethyl adjacent to an activating group) is 1. The second-order valence-electron chi connectivity index (χ2n) is 9.16. The van der Waals surface area contributed by atoms with E-state index in [1.165, 1.54) is 9.75 Å². The number of nitrogens with one attached hydrogen (secondary N) is 3. The van der Waals surface area contributed by atoms with Gasteiger partial charge in [0.2, 0.25) is 5.91 Å². The van der Waals surface area contributed by atoms with Gasteiger partial charge in [-0.05, 0) is 57.4 Å². The van der Waals surface area contributed by atoms with Gasteiger partial charge < -0.3 is 15.2 Å². The molecule has 6 heterocycles. The van der Waals surface area contributed by atoms with Gasteiger partial charge in [-0.15, -0.1) is 11.3 Å². The van der Waals surface area contributed by atoms with E-state index in [9.17, 15) is 4.79 Å². The molecule has 0 unspecified atom stereocenters. The predicted molar refractivity (Wildman–Crippen MR) is 147 cm³/mol. The molecule has 0 atom stereocenters. The Morgan fingerprint density at radius 2 is 1.89 bits per heavy atom. The fourth-order valence-corrected chi connectivity index (χ4v) is 5.28. The maximum Gasteiger partial charge on any atom is 0.238 e. The number of carbonyl (C=O) groups excluding carboxylic acids is 1. The van der Waals surface area contributed by atoms with Crippen LogP contribution in [0.3, 0.4) is 0 Å². The first kappa shape index (κ1) is 23.0. The number of pyridine rings is 3. The Kier molecular flexibility index (Phi) is 5.74. The van der Waals surface area contributed by atoms with Crippen molar-refractivity contribution in [1.29, 1.82) is 0 Å². The molecule has 6 aromatic heterocycles. The summed E-state index contributed by atoms with van der Waals surface area (Å²) >= 11 is 1.77. The molecule has 1 amide bonds. The van der Waals surface area contributed by atoms with Gasteiger partial charge in [-0.3, -0.25) is 14.9 Å². The molecule has 0 aromatic carbocycles. The summed E-state index contributed by atoms with van der Waals surface area (Å²) in [5.74, 6) is -0.0980. The van der Waals surface area contributed by atoms with E-state index in [4.69, 9.17) is 0 Å². The van der Waals surface area contributed by atoms with Crippen molar-refractivity contribution in [2.24, 2.45) is 0 Å². The monoisotopic (exact) mass is 508 g/mol. The van der Waals surface area contributed by atoms with E-state index in [2.05, 4.69) is 60.6 Å². The third-order valence-corrected chi connectivity index (χ3v) is 7.07. The van der Waals surface area contributed by atoms with Crippen LogP contribution < -0.4 is 5.32 Å². The summed E-state index contributed by atoms with van der Waals surface area (Å²) in [6.07, 6.45) is 6.98. The Hall–Kier alpha value is -4.41. The maximum absolute atomic E-state index is 12.2. The molecule has 10 heteroatoms. The minimum Gasteiger partial charge on any atom is -0.338 e. The van der Waals surface area contributed by atoms with E-state index >= 15 is 0 Å². The zero-order valence-corrected chi connectivity index (χ0v) is 21.3. The van der Waals surface area contributed by atoms with E-state index in [0.29, 0.717) is 17.9 Å². The molecule has 0 aliphatic rings. The van der Waals surface area contributed by atoms with Crippen LogP contribution in [0.15, 0.2) is 61.2 Å². The van der Waals surface area contributed by atoms with Gasteiger partial charge in [0.05, 0.1) is 29.8 Å². The van der Waals surface area contributed by atoms with Crippen LogP contribution in [-0.2, 0) is 4.79 Å². The molecule has 3 N–H and O–H groups in total. The molecule has 0 aliphatic carbocycles. The van der Waals surface area contributed by atoms with Gasteiger partial charge in [0, 0.05) is 55.8 Å². The highest BCUT2D eigenvalue weighted by Crippen LogP contribution is 2.36. The van der Waals surface area contributed by atoms with Crippen LogP contribution in [-0.4, -0.2) is 61.6 Å². The lowest BCUT2D eigenvalue weighted by atomic mass is 10.1. The van der Waals surface area contributed by atoms with Crippen LogP contribution in [0.4, 0.5) is 5.69 Å². The van der Waals surface area contributed by atoms with Gasteiger partial charge in [0.1, 0.15) is 5.65 Å². The number of nitrogens with zero attached hydrogens (tertiary/aromatic N) is 5. The first-order chi connectivity index (χ1) is 17.9. The summed E-state index contributed by atoms with van der Waals surface area (Å²) < 4.78 is 0. The van der Waals surface area contributed by atoms with Crippen molar-refractivity contribution < 1.29 is 4.79 Å². The van der Waals surface area contributed by atoms with Crippen LogP contribution in [0.2, 0.25) is 0 Å². The number of H-pyrrole nitrogens is 2. The first-order valence-electron chi connectivity index (χ1n) is 11.7. The van der Waals surface area contributed by atoms with E-state index in [1.807, 2.05) is 43.4 Å². The Bertz CT molecular complexity index is 1760. The summed E-state index contributed by atoms with van der Waals surface area (Å²) in [7, 11) is 3.70. The van der Waals surface area contributed by atoms with Crippen LogP contribution in [0.25, 0.3) is 55.0 Å². The van der Waals surface area contributed by atoms with E-state index in [0.717, 1.165) is 44.5 Å². The molecule has 0 spiro atoms. The third kappa shape index (κ3) is 4.48. The number of aryl methyl sites for hydroxylation is 1. The topological polar surface area (TPSA) is 115 Å². The maximum atomic E-state index is 12.2. The summed E-state index contributed by atoms with van der Waals surface area (Å²) in [4.78, 5) is 33.4. The molecule has 37 heavy (non-hydrogen) atoms. The summed E-state index contributed by atoms with van der Waals surface area (Å²) in [5.41, 5.74) is 6.64. The molecule has 9 nitrogen and oxygen atoms in total. The van der Waals surface area contributed by atoms with Gasteiger partial charge in [0.25, 0.3) is 0 Å². The quantitative estimate of drug-likeness (QED) is 0.288. The average molecular weight is 509 g/mol. The lowest BCUT2D eigenvalue weighted by Gasteiger charge is -2.10. The van der Waals surface area contributed by atoms with E-state index < -0.39 is 0 Å². The molecule has 0 saturated carbocycles. The van der Waals surface area contributed by atoms with Crippen LogP contribution in [0.1, 0.15) is 4.88 Å². The van der Waals surface area contributed by atoms with E-state index in [-0.39, 0.29) is 5.91 Å². The lowest BCUT2D eigenvalue weighted by Crippen LogP contribution is -2.27. The largest absolute Gasteiger partial charge is 0.338 e. The number of aromatic nitrogens is 6. The molecular formula is C27H24N8OS. The van der Waals surface area contributed by atoms with Crippen molar-refractivity contribution in [3.8, 4) is 33.0 Å². The normalized spacial score (nSPS) is 11.6. The molecule has 0 saturated heterocycles. The van der Waals surface area contributed by atoms with Crippen molar-refractivity contribution in [3.63, 3.8) is 0 Å². The number of thiophene rings is 1. The molecule has 0 radical (unpaired) electrons. The number of hydrogen-bond donors (Lipinski definition) is 3. The second kappa shape index (κ2) is 9.23. The zero-order chi connectivity index (χ0) is 25.5. The fourth-order valence-electron chi connectivity index (χ4n) is 4.37. The Morgan fingerprint density at radius 3 is 2.70 bits per heavy atom. The zero-order valence-electron chi connectivity index (χ0n) is 20.5. The average Bonchev–Trinajstić information content (AvgIpc) is 3.60. The minimum absolute atomic E-state index is 0.0980. The molecule has 184 valence electrons. The standard InChI is InChI=1S/C27H24N8OS/c1-15-4-5-23(37-15)19-6-7-29-26-20(19)10-22(32-26)25-21-9-17(12-30-27(21)34-33-25)16-8-18(13-28-11-16)31-24(36)14-35(2)3/h4-13H,14H2,1-3H3,(H,29,32)(H,31,36)(H,30,33,34). The molecule has 6 aromatic rings. The molecule has 0 aliphatic heterocycles. The van der Waals surface area contributed by atoms with Crippen molar-refractivity contribution in [3.05, 3.63) is 66.1 Å². The number of fused-ring (bicyclic) bond motifs is 2. The smallest absolute Gasteiger partial charge is 0.238 e. The number of anilines is 1. The fraction of sp³-hybridized carbons (Fsp3) is 0.148. The van der Waals surface area contributed by atoms with Gasteiger partial charge in [0.15, 0.2) is 5.65 Å². The highest BCUT2D eigenvalue weighted by Gasteiger charge is 2.16. The SMILES string of the molecule is Cc1ccc(-c2ccnc3[nH]c(-c4[nH]nc5ncc(-c6cncc(NC(=O)CN(C)C)c6)cc45)cc23)s1. The summed E-state index contributed by atoms with van der Waals surface area (Å²) in [6.45, 7) is 2.41. The van der Waals surface area contributed by atoms with Crippen LogP contribution >= 0.6 is 11.3 Å². The summed E-state index contributed by atoms with van der Waals surface area (Å²) in [6, 6.07) is 12.4. The van der Waals surface area contributed by atoms with Crippen molar-refractivity contribution in [2.45, 2.75) is 6.92 Å². The number of amides is 1. The first-order valence-corrected chi connectivity index (χ1v) is 12.6. The third-order valence-electron chi connectivity index (χ3n) is 6.03. The molecule has 0 bridgehead atoms. The van der Waals surface area contributed by atoms with Crippen molar-refractivity contribution in [1.82, 2.24) is 35.0 Å². The van der Waals surface area contributed by atoms with Gasteiger partial charge in [-0.25, -0.2) is 9.97 Å². The minimum atomic E-state index is -0.0980.